The fourth-order valence-corrected chi connectivity index (χ4v) is 6.63. The van der Waals surface area contributed by atoms with Gasteiger partial charge in [-0.15, -0.1) is 0 Å². The molecule has 5 nitrogen and oxygen atoms in total. The average molecular weight is 628 g/mol. The SMILES string of the molecule is c1ccc(-c2nc(-c3ccccc3)nc(-c3ccc(-c4c(-c5ccccc5)n5ncc(-c6ccccc6)c5c5ccccc45)cc3)n2)cc1. The van der Waals surface area contributed by atoms with E-state index in [1.54, 1.807) is 0 Å². The maximum absolute atomic E-state index is 5.04. The number of benzene rings is 6. The van der Waals surface area contributed by atoms with Crippen molar-refractivity contribution < 1.29 is 0 Å². The third-order valence-corrected chi connectivity index (χ3v) is 8.93. The highest BCUT2D eigenvalue weighted by Crippen LogP contribution is 2.43. The van der Waals surface area contributed by atoms with Crippen molar-refractivity contribution in [1.29, 1.82) is 0 Å². The molecule has 5 heteroatoms. The highest BCUT2D eigenvalue weighted by atomic mass is 15.2. The predicted molar refractivity (Wildman–Crippen MR) is 199 cm³/mol. The standard InChI is InChI=1S/C44H29N5/c1-5-15-30(16-6-1)38-29-45-49-40(32-17-7-2-8-18-32)39(36-23-13-14-24-37(36)41(38)49)31-25-27-35(28-26-31)44-47-42(33-19-9-3-10-20-33)46-43(48-44)34-21-11-4-12-22-34/h1-29H. The number of pyridine rings is 1. The quantitative estimate of drug-likeness (QED) is 0.184. The zero-order valence-electron chi connectivity index (χ0n) is 26.5. The highest BCUT2D eigenvalue weighted by molar-refractivity contribution is 6.12. The van der Waals surface area contributed by atoms with Crippen molar-refractivity contribution in [3.8, 4) is 67.7 Å². The second kappa shape index (κ2) is 12.1. The fraction of sp³-hybridized carbons (Fsp3) is 0. The van der Waals surface area contributed by atoms with E-state index in [2.05, 4.69) is 108 Å². The normalized spacial score (nSPS) is 11.3. The predicted octanol–water partition coefficient (Wildman–Crippen LogP) is 10.7. The fourth-order valence-electron chi connectivity index (χ4n) is 6.63. The second-order valence-electron chi connectivity index (χ2n) is 11.9. The van der Waals surface area contributed by atoms with Gasteiger partial charge >= 0.3 is 0 Å². The van der Waals surface area contributed by atoms with E-state index in [0.717, 1.165) is 66.5 Å². The average Bonchev–Trinajstić information content (AvgIpc) is 3.64. The Labute approximate surface area is 283 Å². The molecule has 3 aromatic heterocycles. The molecule has 0 aliphatic heterocycles. The van der Waals surface area contributed by atoms with E-state index in [1.165, 1.54) is 0 Å². The van der Waals surface area contributed by atoms with Gasteiger partial charge in [0, 0.05) is 38.8 Å². The van der Waals surface area contributed by atoms with E-state index in [-0.39, 0.29) is 0 Å². The minimum absolute atomic E-state index is 0.627. The van der Waals surface area contributed by atoms with Crippen molar-refractivity contribution in [2.75, 3.05) is 0 Å². The molecule has 49 heavy (non-hydrogen) atoms. The Morgan fingerprint density at radius 2 is 0.755 bits per heavy atom. The molecule has 0 atom stereocenters. The van der Waals surface area contributed by atoms with Crippen LogP contribution in [0.5, 0.6) is 0 Å². The van der Waals surface area contributed by atoms with Crippen LogP contribution in [0.4, 0.5) is 0 Å². The van der Waals surface area contributed by atoms with E-state index in [4.69, 9.17) is 20.1 Å². The summed E-state index contributed by atoms with van der Waals surface area (Å²) in [5.74, 6) is 1.91. The van der Waals surface area contributed by atoms with Gasteiger partial charge in [-0.3, -0.25) is 0 Å². The molecule has 9 aromatic rings. The van der Waals surface area contributed by atoms with Gasteiger partial charge in [-0.1, -0.05) is 170 Å². The van der Waals surface area contributed by atoms with E-state index in [0.29, 0.717) is 17.5 Å². The van der Waals surface area contributed by atoms with E-state index in [1.807, 2.05) is 72.9 Å². The molecule has 9 rings (SSSR count). The van der Waals surface area contributed by atoms with Crippen molar-refractivity contribution in [3.63, 3.8) is 0 Å². The van der Waals surface area contributed by atoms with Gasteiger partial charge in [-0.25, -0.2) is 19.5 Å². The Balaban J connectivity index is 1.25. The van der Waals surface area contributed by atoms with Crippen molar-refractivity contribution in [1.82, 2.24) is 24.6 Å². The molecule has 0 spiro atoms. The topological polar surface area (TPSA) is 56.0 Å². The Hall–Kier alpha value is -6.72. The summed E-state index contributed by atoms with van der Waals surface area (Å²) in [7, 11) is 0. The maximum Gasteiger partial charge on any atom is 0.164 e. The van der Waals surface area contributed by atoms with Crippen LogP contribution in [0.2, 0.25) is 0 Å². The van der Waals surface area contributed by atoms with Crippen molar-refractivity contribution in [3.05, 3.63) is 176 Å². The minimum atomic E-state index is 0.627. The van der Waals surface area contributed by atoms with Crippen LogP contribution in [0.3, 0.4) is 0 Å². The Bertz CT molecular complexity index is 2500. The summed E-state index contributed by atoms with van der Waals surface area (Å²) in [6.07, 6.45) is 1.99. The van der Waals surface area contributed by atoms with Crippen LogP contribution in [0, 0.1) is 0 Å². The molecule has 0 fully saturated rings. The zero-order chi connectivity index (χ0) is 32.6. The molecular weight excluding hydrogens is 599 g/mol. The lowest BCUT2D eigenvalue weighted by molar-refractivity contribution is 0.976. The molecule has 230 valence electrons. The summed E-state index contributed by atoms with van der Waals surface area (Å²) in [6, 6.07) is 58.4. The molecule has 0 amide bonds. The molecule has 0 radical (unpaired) electrons. The van der Waals surface area contributed by atoms with Crippen LogP contribution < -0.4 is 0 Å². The molecule has 0 unspecified atom stereocenters. The lowest BCUT2D eigenvalue weighted by Gasteiger charge is -2.18. The largest absolute Gasteiger partial charge is 0.231 e. The summed E-state index contributed by atoms with van der Waals surface area (Å²) < 4.78 is 2.12. The second-order valence-corrected chi connectivity index (χ2v) is 11.9. The monoisotopic (exact) mass is 627 g/mol. The summed E-state index contributed by atoms with van der Waals surface area (Å²) in [5.41, 5.74) is 10.5. The van der Waals surface area contributed by atoms with Crippen molar-refractivity contribution in [2.45, 2.75) is 0 Å². The lowest BCUT2D eigenvalue weighted by Crippen LogP contribution is -2.01. The molecule has 0 bridgehead atoms. The molecule has 0 saturated heterocycles. The Morgan fingerprint density at radius 3 is 1.29 bits per heavy atom. The van der Waals surface area contributed by atoms with Gasteiger partial charge in [0.25, 0.3) is 0 Å². The zero-order valence-corrected chi connectivity index (χ0v) is 26.5. The van der Waals surface area contributed by atoms with Gasteiger partial charge < -0.3 is 0 Å². The lowest BCUT2D eigenvalue weighted by atomic mass is 9.92. The molecular formula is C44H29N5. The van der Waals surface area contributed by atoms with Gasteiger partial charge in [-0.2, -0.15) is 5.10 Å². The summed E-state index contributed by atoms with van der Waals surface area (Å²) in [6.45, 7) is 0. The molecule has 0 saturated carbocycles. The molecule has 6 aromatic carbocycles. The Kier molecular flexibility index (Phi) is 7.06. The number of hydrogen-bond donors (Lipinski definition) is 0. The first-order valence-electron chi connectivity index (χ1n) is 16.3. The molecule has 3 heterocycles. The third-order valence-electron chi connectivity index (χ3n) is 8.93. The van der Waals surface area contributed by atoms with Gasteiger partial charge in [0.15, 0.2) is 17.5 Å². The number of aromatic nitrogens is 5. The van der Waals surface area contributed by atoms with E-state index >= 15 is 0 Å². The van der Waals surface area contributed by atoms with Crippen LogP contribution >= 0.6 is 0 Å². The van der Waals surface area contributed by atoms with Gasteiger partial charge in [0.2, 0.25) is 0 Å². The molecule has 0 aliphatic rings. The number of rotatable bonds is 6. The van der Waals surface area contributed by atoms with Crippen LogP contribution in [-0.2, 0) is 0 Å². The minimum Gasteiger partial charge on any atom is -0.231 e. The maximum atomic E-state index is 5.04. The highest BCUT2D eigenvalue weighted by Gasteiger charge is 2.21. The van der Waals surface area contributed by atoms with Crippen LogP contribution in [0.15, 0.2) is 176 Å². The molecule has 0 aliphatic carbocycles. The Morgan fingerprint density at radius 1 is 0.347 bits per heavy atom. The smallest absolute Gasteiger partial charge is 0.164 e. The number of hydrogen-bond acceptors (Lipinski definition) is 4. The summed E-state index contributed by atoms with van der Waals surface area (Å²) in [5, 5.41) is 7.35. The first-order valence-corrected chi connectivity index (χ1v) is 16.3. The van der Waals surface area contributed by atoms with Gasteiger partial charge in [-0.05, 0) is 16.5 Å². The van der Waals surface area contributed by atoms with Gasteiger partial charge in [0.05, 0.1) is 17.4 Å². The third kappa shape index (κ3) is 5.14. The number of fused-ring (bicyclic) bond motifs is 3. The van der Waals surface area contributed by atoms with Gasteiger partial charge in [0.1, 0.15) is 0 Å². The van der Waals surface area contributed by atoms with E-state index < -0.39 is 0 Å². The summed E-state index contributed by atoms with van der Waals surface area (Å²) >= 11 is 0. The van der Waals surface area contributed by atoms with E-state index in [9.17, 15) is 0 Å². The van der Waals surface area contributed by atoms with Crippen molar-refractivity contribution in [2.24, 2.45) is 0 Å². The number of nitrogens with zero attached hydrogens (tertiary/aromatic N) is 5. The molecule has 0 N–H and O–H groups in total. The van der Waals surface area contributed by atoms with Crippen LogP contribution in [0.1, 0.15) is 0 Å². The van der Waals surface area contributed by atoms with Crippen LogP contribution in [-0.4, -0.2) is 24.6 Å². The van der Waals surface area contributed by atoms with Crippen LogP contribution in [0.25, 0.3) is 84.0 Å². The first kappa shape index (κ1) is 28.5. The summed E-state index contributed by atoms with van der Waals surface area (Å²) in [4.78, 5) is 14.8. The van der Waals surface area contributed by atoms with Crippen molar-refractivity contribution >= 4 is 16.3 Å². The first-order chi connectivity index (χ1) is 24.3.